The molecule has 0 bridgehead atoms. The fourth-order valence-electron chi connectivity index (χ4n) is 1.24. The molecule has 0 amide bonds. The third-order valence-corrected chi connectivity index (χ3v) is 2.22. The molecular formula is C7H14N2O. The SMILES string of the molecule is CC(=O)C1NNC(C)C1C. The lowest BCUT2D eigenvalue weighted by atomic mass is 9.95. The van der Waals surface area contributed by atoms with Gasteiger partial charge in [0.05, 0.1) is 6.04 Å². The third kappa shape index (κ3) is 1.20. The molecule has 3 unspecified atom stereocenters. The molecule has 3 heteroatoms. The van der Waals surface area contributed by atoms with Crippen LogP contribution in [-0.2, 0) is 4.79 Å². The van der Waals surface area contributed by atoms with Gasteiger partial charge in [0.1, 0.15) is 5.78 Å². The summed E-state index contributed by atoms with van der Waals surface area (Å²) in [4.78, 5) is 10.9. The van der Waals surface area contributed by atoms with Crippen LogP contribution in [0.25, 0.3) is 0 Å². The van der Waals surface area contributed by atoms with Crippen molar-refractivity contribution in [1.82, 2.24) is 10.9 Å². The van der Waals surface area contributed by atoms with E-state index in [0.29, 0.717) is 12.0 Å². The minimum Gasteiger partial charge on any atom is -0.298 e. The predicted octanol–water partition coefficient (Wildman–Crippen LogP) is 0.0764. The average molecular weight is 142 g/mol. The van der Waals surface area contributed by atoms with Crippen molar-refractivity contribution in [1.29, 1.82) is 0 Å². The number of ketones is 1. The van der Waals surface area contributed by atoms with E-state index >= 15 is 0 Å². The highest BCUT2D eigenvalue weighted by Crippen LogP contribution is 2.13. The standard InChI is InChI=1S/C7H14N2O/c1-4-5(2)8-9-7(4)6(3)10/h4-5,7-9H,1-3H3. The molecule has 3 atom stereocenters. The van der Waals surface area contributed by atoms with Gasteiger partial charge in [0.25, 0.3) is 0 Å². The summed E-state index contributed by atoms with van der Waals surface area (Å²) in [5, 5.41) is 0. The second-order valence-corrected chi connectivity index (χ2v) is 3.02. The minimum atomic E-state index is 0.00926. The summed E-state index contributed by atoms with van der Waals surface area (Å²) in [7, 11) is 0. The Morgan fingerprint density at radius 1 is 1.30 bits per heavy atom. The molecule has 10 heavy (non-hydrogen) atoms. The van der Waals surface area contributed by atoms with Gasteiger partial charge in [0.15, 0.2) is 0 Å². The Labute approximate surface area is 61.2 Å². The molecule has 1 heterocycles. The molecule has 0 radical (unpaired) electrons. The first kappa shape index (κ1) is 7.69. The van der Waals surface area contributed by atoms with Crippen molar-refractivity contribution in [3.8, 4) is 0 Å². The summed E-state index contributed by atoms with van der Waals surface area (Å²) in [5.74, 6) is 0.613. The van der Waals surface area contributed by atoms with E-state index in [1.165, 1.54) is 0 Å². The van der Waals surface area contributed by atoms with E-state index in [4.69, 9.17) is 0 Å². The summed E-state index contributed by atoms with van der Waals surface area (Å²) >= 11 is 0. The van der Waals surface area contributed by atoms with Crippen LogP contribution in [0.3, 0.4) is 0 Å². The summed E-state index contributed by atoms with van der Waals surface area (Å²) in [6, 6.07) is 0.406. The number of hydrogen-bond donors (Lipinski definition) is 2. The van der Waals surface area contributed by atoms with Gasteiger partial charge in [-0.15, -0.1) is 0 Å². The third-order valence-electron chi connectivity index (χ3n) is 2.22. The van der Waals surface area contributed by atoms with Crippen LogP contribution in [0, 0.1) is 5.92 Å². The van der Waals surface area contributed by atoms with Crippen LogP contribution < -0.4 is 10.9 Å². The van der Waals surface area contributed by atoms with E-state index in [2.05, 4.69) is 24.7 Å². The van der Waals surface area contributed by atoms with Gasteiger partial charge in [-0.3, -0.25) is 10.2 Å². The molecule has 0 spiro atoms. The van der Waals surface area contributed by atoms with Crippen molar-refractivity contribution in [3.05, 3.63) is 0 Å². The molecule has 0 saturated carbocycles. The number of hydrazine groups is 1. The molecule has 1 aliphatic heterocycles. The minimum absolute atomic E-state index is 0.00926. The molecule has 58 valence electrons. The van der Waals surface area contributed by atoms with Crippen LogP contribution in [0.1, 0.15) is 20.8 Å². The van der Waals surface area contributed by atoms with Gasteiger partial charge in [0, 0.05) is 6.04 Å². The van der Waals surface area contributed by atoms with Gasteiger partial charge >= 0.3 is 0 Å². The zero-order valence-electron chi connectivity index (χ0n) is 6.64. The molecule has 0 aliphatic carbocycles. The van der Waals surface area contributed by atoms with Crippen LogP contribution >= 0.6 is 0 Å². The van der Waals surface area contributed by atoms with Crippen LogP contribution in [0.4, 0.5) is 0 Å². The lowest BCUT2D eigenvalue weighted by Crippen LogP contribution is -2.36. The topological polar surface area (TPSA) is 41.1 Å². The number of rotatable bonds is 1. The Bertz CT molecular complexity index is 147. The molecule has 1 fully saturated rings. The quantitative estimate of drug-likeness (QED) is 0.544. The van der Waals surface area contributed by atoms with Crippen molar-refractivity contribution < 1.29 is 4.79 Å². The van der Waals surface area contributed by atoms with Gasteiger partial charge in [-0.25, -0.2) is 5.43 Å². The number of Topliss-reactive ketones (excluding diaryl/α,β-unsaturated/α-hetero) is 1. The first-order chi connectivity index (χ1) is 4.63. The molecule has 3 nitrogen and oxygen atoms in total. The van der Waals surface area contributed by atoms with Crippen LogP contribution in [0.2, 0.25) is 0 Å². The van der Waals surface area contributed by atoms with E-state index in [1.54, 1.807) is 6.92 Å². The first-order valence-corrected chi connectivity index (χ1v) is 3.64. The number of nitrogens with one attached hydrogen (secondary N) is 2. The molecular weight excluding hydrogens is 128 g/mol. The van der Waals surface area contributed by atoms with Crippen LogP contribution in [-0.4, -0.2) is 17.9 Å². The zero-order chi connectivity index (χ0) is 7.72. The van der Waals surface area contributed by atoms with E-state index in [-0.39, 0.29) is 11.8 Å². The zero-order valence-corrected chi connectivity index (χ0v) is 6.64. The van der Waals surface area contributed by atoms with Crippen molar-refractivity contribution in [2.75, 3.05) is 0 Å². The van der Waals surface area contributed by atoms with Crippen LogP contribution in [0.15, 0.2) is 0 Å². The van der Waals surface area contributed by atoms with E-state index in [9.17, 15) is 4.79 Å². The fraction of sp³-hybridized carbons (Fsp3) is 0.857. The Hall–Kier alpha value is -0.410. The van der Waals surface area contributed by atoms with Crippen molar-refractivity contribution in [3.63, 3.8) is 0 Å². The van der Waals surface area contributed by atoms with Gasteiger partial charge in [0.2, 0.25) is 0 Å². The summed E-state index contributed by atoms with van der Waals surface area (Å²) in [6.45, 7) is 5.76. The normalized spacial score (nSPS) is 40.1. The largest absolute Gasteiger partial charge is 0.298 e. The predicted molar refractivity (Wildman–Crippen MR) is 39.4 cm³/mol. The number of carbonyl (C=O) groups excluding carboxylic acids is 1. The van der Waals surface area contributed by atoms with E-state index in [1.807, 2.05) is 0 Å². The molecule has 0 aromatic rings. The second-order valence-electron chi connectivity index (χ2n) is 3.02. The highest BCUT2D eigenvalue weighted by molar-refractivity contribution is 5.82. The fourth-order valence-corrected chi connectivity index (χ4v) is 1.24. The molecule has 2 N–H and O–H groups in total. The maximum Gasteiger partial charge on any atom is 0.148 e. The summed E-state index contributed by atoms with van der Waals surface area (Å²) < 4.78 is 0. The van der Waals surface area contributed by atoms with Gasteiger partial charge in [-0.1, -0.05) is 6.92 Å². The molecule has 0 aromatic heterocycles. The Morgan fingerprint density at radius 3 is 2.10 bits per heavy atom. The monoisotopic (exact) mass is 142 g/mol. The van der Waals surface area contributed by atoms with Gasteiger partial charge in [-0.2, -0.15) is 0 Å². The first-order valence-electron chi connectivity index (χ1n) is 3.64. The Balaban J connectivity index is 2.57. The summed E-state index contributed by atoms with van der Waals surface area (Å²) in [5.41, 5.74) is 5.99. The van der Waals surface area contributed by atoms with Gasteiger partial charge in [-0.05, 0) is 19.8 Å². The Morgan fingerprint density at radius 2 is 1.90 bits per heavy atom. The van der Waals surface area contributed by atoms with Crippen LogP contribution in [0.5, 0.6) is 0 Å². The maximum absolute atomic E-state index is 10.9. The van der Waals surface area contributed by atoms with E-state index < -0.39 is 0 Å². The molecule has 1 saturated heterocycles. The highest BCUT2D eigenvalue weighted by Gasteiger charge is 2.31. The van der Waals surface area contributed by atoms with Gasteiger partial charge < -0.3 is 0 Å². The van der Waals surface area contributed by atoms with Crippen molar-refractivity contribution in [2.24, 2.45) is 5.92 Å². The molecule has 0 aromatic carbocycles. The highest BCUT2D eigenvalue weighted by atomic mass is 16.1. The average Bonchev–Trinajstić information content (AvgIpc) is 2.14. The summed E-state index contributed by atoms with van der Waals surface area (Å²) in [6.07, 6.45) is 0. The number of carbonyl (C=O) groups is 1. The maximum atomic E-state index is 10.9. The van der Waals surface area contributed by atoms with E-state index in [0.717, 1.165) is 0 Å². The smallest absolute Gasteiger partial charge is 0.148 e. The lowest BCUT2D eigenvalue weighted by molar-refractivity contribution is -0.119. The molecule has 1 aliphatic rings. The number of hydrogen-bond acceptors (Lipinski definition) is 3. The lowest BCUT2D eigenvalue weighted by Gasteiger charge is -2.11. The Kier molecular flexibility index (Phi) is 2.06. The van der Waals surface area contributed by atoms with Crippen molar-refractivity contribution in [2.45, 2.75) is 32.9 Å². The molecule has 1 rings (SSSR count). The second kappa shape index (κ2) is 2.68. The van der Waals surface area contributed by atoms with Crippen molar-refractivity contribution >= 4 is 5.78 Å².